The second kappa shape index (κ2) is 7.34. The maximum Gasteiger partial charge on any atom is 0.107 e. The van der Waals surface area contributed by atoms with Crippen molar-refractivity contribution in [3.63, 3.8) is 0 Å². The molecule has 6 heteroatoms. The molecule has 1 N–H and O–H groups in total. The van der Waals surface area contributed by atoms with E-state index in [0.717, 1.165) is 18.5 Å². The van der Waals surface area contributed by atoms with Crippen LogP contribution in [0, 0.1) is 0 Å². The number of rotatable bonds is 4. The smallest absolute Gasteiger partial charge is 0.107 e. The van der Waals surface area contributed by atoms with E-state index in [4.69, 9.17) is 5.21 Å². The van der Waals surface area contributed by atoms with Crippen LogP contribution in [0.15, 0.2) is 41.8 Å². The van der Waals surface area contributed by atoms with Gasteiger partial charge in [-0.2, -0.15) is 5.10 Å². The molecule has 0 amide bonds. The Kier molecular flexibility index (Phi) is 5.73. The van der Waals surface area contributed by atoms with Crippen molar-refractivity contribution in [1.82, 2.24) is 15.2 Å². The largest absolute Gasteiger partial charge is 0.411 e. The Morgan fingerprint density at radius 2 is 2.06 bits per heavy atom. The second-order valence-electron chi connectivity index (χ2n) is 3.56. The van der Waals surface area contributed by atoms with Crippen LogP contribution < -0.4 is 0 Å². The molecular weight excluding hydrogens is 252 g/mol. The topological polar surface area (TPSA) is 71.3 Å². The van der Waals surface area contributed by atoms with Gasteiger partial charge >= 0.3 is 0 Å². The molecule has 2 aromatic heterocycles. The van der Waals surface area contributed by atoms with Gasteiger partial charge in [0.2, 0.25) is 0 Å². The van der Waals surface area contributed by atoms with Crippen LogP contribution in [0.5, 0.6) is 0 Å². The normalized spacial score (nSPS) is 10.2. The molecule has 0 aliphatic carbocycles. The minimum Gasteiger partial charge on any atom is -0.411 e. The van der Waals surface area contributed by atoms with Gasteiger partial charge in [-0.05, 0) is 36.6 Å². The van der Waals surface area contributed by atoms with Crippen LogP contribution in [0.2, 0.25) is 0 Å². The summed E-state index contributed by atoms with van der Waals surface area (Å²) in [5, 5.41) is 19.2. The van der Waals surface area contributed by atoms with Crippen LogP contribution in [0.3, 0.4) is 0 Å². The number of hydrogen-bond acceptors (Lipinski definition) is 5. The SMILES string of the molecule is Cl.ON=Cc1ccc(CCc2cccnc2)nn1. The Morgan fingerprint density at radius 1 is 1.17 bits per heavy atom. The molecule has 5 nitrogen and oxygen atoms in total. The number of aromatic nitrogens is 3. The zero-order chi connectivity index (χ0) is 11.9. The molecule has 0 saturated heterocycles. The summed E-state index contributed by atoms with van der Waals surface area (Å²) in [7, 11) is 0. The molecule has 2 aromatic rings. The van der Waals surface area contributed by atoms with E-state index in [0.29, 0.717) is 5.69 Å². The minimum atomic E-state index is 0. The Morgan fingerprint density at radius 3 is 2.67 bits per heavy atom. The van der Waals surface area contributed by atoms with Crippen molar-refractivity contribution in [1.29, 1.82) is 0 Å². The standard InChI is InChI=1S/C12H12N4O.ClH/c17-14-9-12-6-5-11(15-16-12)4-3-10-2-1-7-13-8-10;/h1-2,5-9,17H,3-4H2;1H. The van der Waals surface area contributed by atoms with E-state index in [1.54, 1.807) is 12.3 Å². The first kappa shape index (κ1) is 14.1. The van der Waals surface area contributed by atoms with E-state index in [1.807, 2.05) is 24.4 Å². The van der Waals surface area contributed by atoms with E-state index in [2.05, 4.69) is 20.3 Å². The van der Waals surface area contributed by atoms with Crippen LogP contribution in [-0.2, 0) is 12.8 Å². The lowest BCUT2D eigenvalue weighted by molar-refractivity contribution is 0.321. The summed E-state index contributed by atoms with van der Waals surface area (Å²) >= 11 is 0. The van der Waals surface area contributed by atoms with Crippen LogP contribution in [-0.4, -0.2) is 26.6 Å². The van der Waals surface area contributed by atoms with Gasteiger partial charge in [0.05, 0.1) is 11.9 Å². The monoisotopic (exact) mass is 264 g/mol. The molecule has 2 rings (SSSR count). The zero-order valence-electron chi connectivity index (χ0n) is 9.60. The zero-order valence-corrected chi connectivity index (χ0v) is 10.4. The number of nitrogens with zero attached hydrogens (tertiary/aromatic N) is 4. The molecule has 0 unspecified atom stereocenters. The predicted octanol–water partition coefficient (Wildman–Crippen LogP) is 1.89. The van der Waals surface area contributed by atoms with Crippen molar-refractivity contribution in [3.8, 4) is 0 Å². The highest BCUT2D eigenvalue weighted by atomic mass is 35.5. The molecule has 94 valence electrons. The fourth-order valence-electron chi connectivity index (χ4n) is 1.45. The highest BCUT2D eigenvalue weighted by molar-refractivity contribution is 5.85. The first-order valence-corrected chi connectivity index (χ1v) is 5.27. The number of oxime groups is 1. The molecule has 0 spiro atoms. The molecule has 0 fully saturated rings. The highest BCUT2D eigenvalue weighted by Gasteiger charge is 1.98. The Balaban J connectivity index is 0.00000162. The molecule has 0 aliphatic rings. The van der Waals surface area contributed by atoms with E-state index in [-0.39, 0.29) is 12.4 Å². The average molecular weight is 265 g/mol. The van der Waals surface area contributed by atoms with Gasteiger partial charge < -0.3 is 5.21 Å². The lowest BCUT2D eigenvalue weighted by Crippen LogP contribution is -1.99. The van der Waals surface area contributed by atoms with Gasteiger partial charge in [0.15, 0.2) is 0 Å². The van der Waals surface area contributed by atoms with Crippen molar-refractivity contribution in [2.24, 2.45) is 5.16 Å². The minimum absolute atomic E-state index is 0. The maximum absolute atomic E-state index is 8.34. The first-order valence-electron chi connectivity index (χ1n) is 5.27. The number of halogens is 1. The Bertz CT molecular complexity index is 487. The summed E-state index contributed by atoms with van der Waals surface area (Å²) in [6, 6.07) is 7.60. The maximum atomic E-state index is 8.34. The molecule has 0 bridgehead atoms. The van der Waals surface area contributed by atoms with E-state index in [1.165, 1.54) is 11.8 Å². The van der Waals surface area contributed by atoms with E-state index >= 15 is 0 Å². The molecule has 0 atom stereocenters. The Hall–Kier alpha value is -2.01. The molecular formula is C12H13ClN4O. The number of pyridine rings is 1. The fraction of sp³-hybridized carbons (Fsp3) is 0.167. The van der Waals surface area contributed by atoms with Gasteiger partial charge in [-0.1, -0.05) is 11.2 Å². The van der Waals surface area contributed by atoms with Crippen molar-refractivity contribution in [2.45, 2.75) is 12.8 Å². The quantitative estimate of drug-likeness (QED) is 0.520. The van der Waals surface area contributed by atoms with Crippen molar-refractivity contribution in [2.75, 3.05) is 0 Å². The fourth-order valence-corrected chi connectivity index (χ4v) is 1.45. The molecule has 0 radical (unpaired) electrons. The van der Waals surface area contributed by atoms with Crippen LogP contribution in [0.25, 0.3) is 0 Å². The van der Waals surface area contributed by atoms with Gasteiger partial charge in [-0.3, -0.25) is 4.98 Å². The second-order valence-corrected chi connectivity index (χ2v) is 3.56. The summed E-state index contributed by atoms with van der Waals surface area (Å²) < 4.78 is 0. The summed E-state index contributed by atoms with van der Waals surface area (Å²) in [6.07, 6.45) is 6.55. The van der Waals surface area contributed by atoms with Crippen molar-refractivity contribution >= 4 is 18.6 Å². The summed E-state index contributed by atoms with van der Waals surface area (Å²) in [5.74, 6) is 0. The third kappa shape index (κ3) is 4.10. The van der Waals surface area contributed by atoms with E-state index < -0.39 is 0 Å². The Labute approximate surface area is 111 Å². The van der Waals surface area contributed by atoms with Crippen LogP contribution in [0.4, 0.5) is 0 Å². The average Bonchev–Trinajstić information content (AvgIpc) is 2.40. The van der Waals surface area contributed by atoms with Crippen molar-refractivity contribution in [3.05, 3.63) is 53.6 Å². The van der Waals surface area contributed by atoms with Gasteiger partial charge in [0.25, 0.3) is 0 Å². The van der Waals surface area contributed by atoms with Crippen molar-refractivity contribution < 1.29 is 5.21 Å². The predicted molar refractivity (Wildman–Crippen MR) is 70.3 cm³/mol. The van der Waals surface area contributed by atoms with E-state index in [9.17, 15) is 0 Å². The summed E-state index contributed by atoms with van der Waals surface area (Å²) in [4.78, 5) is 4.05. The number of aryl methyl sites for hydroxylation is 2. The lowest BCUT2D eigenvalue weighted by Gasteiger charge is -2.00. The van der Waals surface area contributed by atoms with Gasteiger partial charge in [0, 0.05) is 12.4 Å². The molecule has 0 saturated carbocycles. The van der Waals surface area contributed by atoms with Gasteiger partial charge in [0.1, 0.15) is 5.69 Å². The third-order valence-corrected chi connectivity index (χ3v) is 2.32. The molecule has 2 heterocycles. The van der Waals surface area contributed by atoms with Gasteiger partial charge in [-0.15, -0.1) is 17.5 Å². The van der Waals surface area contributed by atoms with Gasteiger partial charge in [-0.25, -0.2) is 0 Å². The summed E-state index contributed by atoms with van der Waals surface area (Å²) in [6.45, 7) is 0. The molecule has 0 aromatic carbocycles. The first-order chi connectivity index (χ1) is 8.38. The number of hydrogen-bond donors (Lipinski definition) is 1. The molecule has 0 aliphatic heterocycles. The summed E-state index contributed by atoms with van der Waals surface area (Å²) in [5.41, 5.74) is 2.62. The van der Waals surface area contributed by atoms with Crippen LogP contribution in [0.1, 0.15) is 17.0 Å². The lowest BCUT2D eigenvalue weighted by atomic mass is 10.1. The highest BCUT2D eigenvalue weighted by Crippen LogP contribution is 2.03. The third-order valence-electron chi connectivity index (χ3n) is 2.32. The van der Waals surface area contributed by atoms with Crippen LogP contribution >= 0.6 is 12.4 Å². The molecule has 18 heavy (non-hydrogen) atoms.